The molecule has 0 aromatic rings. The van der Waals surface area contributed by atoms with Crippen molar-refractivity contribution in [2.45, 2.75) is 90.6 Å². The number of esters is 1. The quantitative estimate of drug-likeness (QED) is 0.467. The lowest BCUT2D eigenvalue weighted by atomic mass is 9.46. The first-order valence-electron chi connectivity index (χ1n) is 13.2. The lowest BCUT2D eigenvalue weighted by molar-refractivity contribution is -0.177. The largest absolute Gasteiger partial charge is 0.509 e. The van der Waals surface area contributed by atoms with Crippen LogP contribution in [0.5, 0.6) is 0 Å². The Bertz CT molecular complexity index is 998. The van der Waals surface area contributed by atoms with Gasteiger partial charge >= 0.3 is 12.1 Å². The second-order valence-corrected chi connectivity index (χ2v) is 11.5. The zero-order chi connectivity index (χ0) is 26.3. The summed E-state index contributed by atoms with van der Waals surface area (Å²) >= 11 is 0. The highest BCUT2D eigenvalue weighted by molar-refractivity contribution is 5.96. The Morgan fingerprint density at radius 1 is 1.08 bits per heavy atom. The standard InChI is InChI=1S/C28H38O8/c1-5-6-7-23(32)35-16-22(31)28(36-25(33)34-4)13-11-20-19-9-8-17-14-18(29)10-12-26(17,2)24(19)21(30)15-27(20,28)3/h14,19-20,24H,5-13,15-16H2,1-4H3/t19-,20-,24+,26-,27-,28-/m0/s1. The number of hydrogen-bond acceptors (Lipinski definition) is 8. The second kappa shape index (κ2) is 9.75. The maximum absolute atomic E-state index is 13.9. The minimum atomic E-state index is -1.60. The Labute approximate surface area is 212 Å². The van der Waals surface area contributed by atoms with E-state index in [-0.39, 0.29) is 54.0 Å². The first-order valence-corrected chi connectivity index (χ1v) is 13.2. The zero-order valence-electron chi connectivity index (χ0n) is 21.9. The van der Waals surface area contributed by atoms with Gasteiger partial charge in [0.25, 0.3) is 0 Å². The minimum Gasteiger partial charge on any atom is -0.457 e. The van der Waals surface area contributed by atoms with E-state index in [0.717, 1.165) is 24.8 Å². The van der Waals surface area contributed by atoms with Crippen LogP contribution in [0.2, 0.25) is 0 Å². The summed E-state index contributed by atoms with van der Waals surface area (Å²) in [6.45, 7) is 5.43. The number of ether oxygens (including phenoxy) is 3. The molecule has 0 aromatic heterocycles. The van der Waals surface area contributed by atoms with Crippen LogP contribution in [-0.2, 0) is 33.4 Å². The molecule has 4 rings (SSSR count). The van der Waals surface area contributed by atoms with Crippen molar-refractivity contribution in [2.75, 3.05) is 13.7 Å². The van der Waals surface area contributed by atoms with Crippen LogP contribution in [0.4, 0.5) is 4.79 Å². The van der Waals surface area contributed by atoms with Crippen molar-refractivity contribution in [3.05, 3.63) is 11.6 Å². The third-order valence-corrected chi connectivity index (χ3v) is 9.75. The van der Waals surface area contributed by atoms with Gasteiger partial charge < -0.3 is 14.2 Å². The average Bonchev–Trinajstić information content (AvgIpc) is 3.13. The maximum Gasteiger partial charge on any atom is 0.509 e. The summed E-state index contributed by atoms with van der Waals surface area (Å²) in [6.07, 6.45) is 6.02. The van der Waals surface area contributed by atoms with Crippen LogP contribution in [-0.4, -0.2) is 48.8 Å². The predicted molar refractivity (Wildman–Crippen MR) is 129 cm³/mol. The smallest absolute Gasteiger partial charge is 0.457 e. The molecule has 0 amide bonds. The molecule has 4 aliphatic rings. The van der Waals surface area contributed by atoms with E-state index in [1.807, 2.05) is 13.8 Å². The number of methoxy groups -OCH3 is 1. The molecule has 0 radical (unpaired) electrons. The van der Waals surface area contributed by atoms with E-state index < -0.39 is 35.5 Å². The molecule has 8 nitrogen and oxygen atoms in total. The molecule has 198 valence electrons. The van der Waals surface area contributed by atoms with Gasteiger partial charge in [0.15, 0.2) is 18.0 Å². The van der Waals surface area contributed by atoms with Crippen LogP contribution in [0.25, 0.3) is 0 Å². The van der Waals surface area contributed by atoms with E-state index in [4.69, 9.17) is 14.2 Å². The Morgan fingerprint density at radius 2 is 1.83 bits per heavy atom. The summed E-state index contributed by atoms with van der Waals surface area (Å²) in [5.41, 5.74) is -1.82. The van der Waals surface area contributed by atoms with Gasteiger partial charge in [0, 0.05) is 30.6 Å². The summed E-state index contributed by atoms with van der Waals surface area (Å²) < 4.78 is 15.8. The maximum atomic E-state index is 13.9. The fourth-order valence-corrected chi connectivity index (χ4v) is 7.89. The number of hydrogen-bond donors (Lipinski definition) is 0. The van der Waals surface area contributed by atoms with Gasteiger partial charge in [0.2, 0.25) is 5.78 Å². The number of allylic oxidation sites excluding steroid dienone is 1. The molecule has 3 saturated carbocycles. The SMILES string of the molecule is CCCCC(=O)OCC(=O)[C@@]1(OC(=O)OC)CC[C@H]2[C@@H]3CCC4=CC(=O)CC[C@]4(C)[C@H]3C(=O)C[C@@]21C. The molecule has 0 saturated heterocycles. The van der Waals surface area contributed by atoms with Crippen molar-refractivity contribution in [1.29, 1.82) is 0 Å². The van der Waals surface area contributed by atoms with E-state index >= 15 is 0 Å². The molecular formula is C28H38O8. The predicted octanol–water partition coefficient (Wildman–Crippen LogP) is 4.52. The molecule has 0 spiro atoms. The summed E-state index contributed by atoms with van der Waals surface area (Å²) in [5, 5.41) is 0. The summed E-state index contributed by atoms with van der Waals surface area (Å²) in [4.78, 5) is 64.2. The van der Waals surface area contributed by atoms with E-state index in [0.29, 0.717) is 25.7 Å². The topological polar surface area (TPSA) is 113 Å². The van der Waals surface area contributed by atoms with Gasteiger partial charge in [-0.05, 0) is 61.9 Å². The Balaban J connectivity index is 1.65. The van der Waals surface area contributed by atoms with E-state index in [9.17, 15) is 24.0 Å². The van der Waals surface area contributed by atoms with Crippen LogP contribution >= 0.6 is 0 Å². The first kappa shape index (κ1) is 26.6. The van der Waals surface area contributed by atoms with Gasteiger partial charge in [0.1, 0.15) is 5.78 Å². The average molecular weight is 503 g/mol. The highest BCUT2D eigenvalue weighted by Crippen LogP contribution is 2.67. The number of ketones is 3. The van der Waals surface area contributed by atoms with Crippen LogP contribution in [0.1, 0.15) is 85.0 Å². The van der Waals surface area contributed by atoms with Gasteiger partial charge in [-0.3, -0.25) is 19.2 Å². The Hall–Kier alpha value is -2.51. The van der Waals surface area contributed by atoms with E-state index in [1.54, 1.807) is 6.08 Å². The fourth-order valence-electron chi connectivity index (χ4n) is 7.89. The molecule has 0 unspecified atom stereocenters. The van der Waals surface area contributed by atoms with Gasteiger partial charge in [-0.1, -0.05) is 32.8 Å². The third-order valence-electron chi connectivity index (χ3n) is 9.75. The number of carbonyl (C=O) groups is 5. The molecule has 0 aliphatic heterocycles. The van der Waals surface area contributed by atoms with Crippen LogP contribution in [0.15, 0.2) is 11.6 Å². The molecule has 8 heteroatoms. The van der Waals surface area contributed by atoms with E-state index in [2.05, 4.69) is 6.92 Å². The van der Waals surface area contributed by atoms with E-state index in [1.165, 1.54) is 7.11 Å². The first-order chi connectivity index (χ1) is 17.0. The number of fused-ring (bicyclic) bond motifs is 5. The molecule has 0 heterocycles. The monoisotopic (exact) mass is 502 g/mol. The summed E-state index contributed by atoms with van der Waals surface area (Å²) in [6, 6.07) is 0. The van der Waals surface area contributed by atoms with Crippen molar-refractivity contribution >= 4 is 29.5 Å². The molecule has 4 aliphatic carbocycles. The third kappa shape index (κ3) is 4.10. The molecule has 0 aromatic carbocycles. The highest BCUT2D eigenvalue weighted by atomic mass is 16.7. The van der Waals surface area contributed by atoms with Crippen LogP contribution in [0, 0.1) is 28.6 Å². The van der Waals surface area contributed by atoms with Crippen molar-refractivity contribution in [1.82, 2.24) is 0 Å². The summed E-state index contributed by atoms with van der Waals surface area (Å²) in [5.74, 6) is -1.02. The van der Waals surface area contributed by atoms with Crippen molar-refractivity contribution in [3.8, 4) is 0 Å². The highest BCUT2D eigenvalue weighted by Gasteiger charge is 2.71. The molecule has 0 bridgehead atoms. The lowest BCUT2D eigenvalue weighted by Crippen LogP contribution is -2.62. The molecular weight excluding hydrogens is 464 g/mol. The van der Waals surface area contributed by atoms with Gasteiger partial charge in [0.05, 0.1) is 7.11 Å². The lowest BCUT2D eigenvalue weighted by Gasteiger charge is -2.57. The Kier molecular flexibility index (Phi) is 7.19. The van der Waals surface area contributed by atoms with Crippen molar-refractivity contribution < 1.29 is 38.2 Å². The number of rotatable bonds is 7. The molecule has 3 fully saturated rings. The number of Topliss-reactive ketones (excluding diaryl/α,β-unsaturated/α-hetero) is 2. The van der Waals surface area contributed by atoms with Gasteiger partial charge in [-0.25, -0.2) is 4.79 Å². The minimum absolute atomic E-state index is 0.0228. The van der Waals surface area contributed by atoms with Crippen LogP contribution in [0.3, 0.4) is 0 Å². The van der Waals surface area contributed by atoms with Gasteiger partial charge in [-0.2, -0.15) is 0 Å². The van der Waals surface area contributed by atoms with Crippen molar-refractivity contribution in [3.63, 3.8) is 0 Å². The number of carbonyl (C=O) groups excluding carboxylic acids is 5. The zero-order valence-corrected chi connectivity index (χ0v) is 21.9. The van der Waals surface area contributed by atoms with Crippen LogP contribution < -0.4 is 0 Å². The van der Waals surface area contributed by atoms with Crippen molar-refractivity contribution in [2.24, 2.45) is 28.6 Å². The normalized spacial score (nSPS) is 37.2. The molecule has 36 heavy (non-hydrogen) atoms. The Morgan fingerprint density at radius 3 is 2.53 bits per heavy atom. The molecule has 0 N–H and O–H groups in total. The van der Waals surface area contributed by atoms with Gasteiger partial charge in [-0.15, -0.1) is 0 Å². The fraction of sp³-hybridized carbons (Fsp3) is 0.750. The summed E-state index contributed by atoms with van der Waals surface area (Å²) in [7, 11) is 1.18. The number of unbranched alkanes of at least 4 members (excludes halogenated alkanes) is 1. The second-order valence-electron chi connectivity index (χ2n) is 11.5. The molecule has 6 atom stereocenters.